The van der Waals surface area contributed by atoms with Gasteiger partial charge >= 0.3 is 0 Å². The summed E-state index contributed by atoms with van der Waals surface area (Å²) in [5, 5.41) is 10.9. The summed E-state index contributed by atoms with van der Waals surface area (Å²) in [5.74, 6) is 1.67. The zero-order valence-corrected chi connectivity index (χ0v) is 18.3. The summed E-state index contributed by atoms with van der Waals surface area (Å²) in [7, 11) is 0. The first-order valence-electron chi connectivity index (χ1n) is 9.54. The van der Waals surface area contributed by atoms with E-state index >= 15 is 0 Å². The quantitative estimate of drug-likeness (QED) is 0.236. The van der Waals surface area contributed by atoms with Crippen LogP contribution in [0.5, 0.6) is 0 Å². The Bertz CT molecular complexity index is 668. The Kier molecular flexibility index (Phi) is 9.61. The van der Waals surface area contributed by atoms with Crippen molar-refractivity contribution in [3.8, 4) is 5.69 Å². The van der Waals surface area contributed by atoms with E-state index in [1.165, 1.54) is 18.4 Å². The van der Waals surface area contributed by atoms with Gasteiger partial charge in [0.25, 0.3) is 0 Å². The number of halogens is 1. The minimum absolute atomic E-state index is 0. The second-order valence-electron chi connectivity index (χ2n) is 6.57. The first-order valence-corrected chi connectivity index (χ1v) is 9.54. The van der Waals surface area contributed by atoms with E-state index in [-0.39, 0.29) is 24.0 Å². The van der Waals surface area contributed by atoms with E-state index in [0.29, 0.717) is 13.2 Å². The lowest BCUT2D eigenvalue weighted by Crippen LogP contribution is -2.38. The van der Waals surface area contributed by atoms with E-state index in [9.17, 15) is 0 Å². The molecule has 7 heteroatoms. The number of nitrogens with one attached hydrogen (secondary N) is 2. The van der Waals surface area contributed by atoms with Crippen molar-refractivity contribution in [3.63, 3.8) is 0 Å². The van der Waals surface area contributed by atoms with Gasteiger partial charge in [-0.3, -0.25) is 4.99 Å². The van der Waals surface area contributed by atoms with Crippen molar-refractivity contribution in [2.75, 3.05) is 32.8 Å². The number of hydrogen-bond acceptors (Lipinski definition) is 3. The number of nitrogens with zero attached hydrogens (tertiary/aromatic N) is 3. The molecule has 2 N–H and O–H groups in total. The molecule has 1 saturated carbocycles. The fourth-order valence-electron chi connectivity index (χ4n) is 2.66. The van der Waals surface area contributed by atoms with Gasteiger partial charge in [0.1, 0.15) is 0 Å². The number of rotatable bonds is 10. The lowest BCUT2D eigenvalue weighted by Gasteiger charge is -2.11. The summed E-state index contributed by atoms with van der Waals surface area (Å²) in [5.41, 5.74) is 2.37. The van der Waals surface area contributed by atoms with Gasteiger partial charge in [-0.2, -0.15) is 5.10 Å². The van der Waals surface area contributed by atoms with Crippen molar-refractivity contribution in [3.05, 3.63) is 48.3 Å². The maximum absolute atomic E-state index is 5.63. The third-order valence-electron chi connectivity index (χ3n) is 4.31. The van der Waals surface area contributed by atoms with Gasteiger partial charge in [0.2, 0.25) is 0 Å². The molecule has 1 aliphatic rings. The molecule has 6 nitrogen and oxygen atoms in total. The Hall–Kier alpha value is -1.61. The van der Waals surface area contributed by atoms with Gasteiger partial charge in [-0.25, -0.2) is 4.68 Å². The lowest BCUT2D eigenvalue weighted by molar-refractivity contribution is 0.131. The van der Waals surface area contributed by atoms with E-state index in [0.717, 1.165) is 43.7 Å². The predicted octanol–water partition coefficient (Wildman–Crippen LogP) is 3.01. The molecule has 0 atom stereocenters. The molecule has 148 valence electrons. The molecule has 1 aliphatic carbocycles. The zero-order valence-electron chi connectivity index (χ0n) is 15.9. The van der Waals surface area contributed by atoms with Gasteiger partial charge in [0.15, 0.2) is 5.96 Å². The Balaban J connectivity index is 0.00000261. The molecule has 3 rings (SSSR count). The number of benzene rings is 1. The van der Waals surface area contributed by atoms with Crippen LogP contribution >= 0.6 is 24.0 Å². The van der Waals surface area contributed by atoms with Crippen LogP contribution in [0.2, 0.25) is 0 Å². The Morgan fingerprint density at radius 3 is 2.74 bits per heavy atom. The van der Waals surface area contributed by atoms with Crippen LogP contribution in [0.15, 0.2) is 47.7 Å². The molecule has 2 aromatic rings. The monoisotopic (exact) mass is 483 g/mol. The van der Waals surface area contributed by atoms with Gasteiger partial charge in [0, 0.05) is 32.1 Å². The summed E-state index contributed by atoms with van der Waals surface area (Å²) in [6.45, 7) is 6.06. The molecule has 0 saturated heterocycles. The first kappa shape index (κ1) is 21.7. The highest BCUT2D eigenvalue weighted by molar-refractivity contribution is 14.0. The SMILES string of the molecule is CCNC(=NCCOCC1CC1)NCCc1ccc(-n2cccn2)cc1.I. The molecule has 1 fully saturated rings. The van der Waals surface area contributed by atoms with Crippen LogP contribution in [0.1, 0.15) is 25.3 Å². The van der Waals surface area contributed by atoms with Crippen molar-refractivity contribution in [2.45, 2.75) is 26.2 Å². The Labute approximate surface area is 178 Å². The summed E-state index contributed by atoms with van der Waals surface area (Å²) >= 11 is 0. The van der Waals surface area contributed by atoms with Crippen molar-refractivity contribution >= 4 is 29.9 Å². The molecule has 0 bridgehead atoms. The smallest absolute Gasteiger partial charge is 0.191 e. The second kappa shape index (κ2) is 12.0. The maximum Gasteiger partial charge on any atom is 0.191 e. The predicted molar refractivity (Wildman–Crippen MR) is 120 cm³/mol. The Morgan fingerprint density at radius 1 is 1.26 bits per heavy atom. The molecule has 0 unspecified atom stereocenters. The van der Waals surface area contributed by atoms with Gasteiger partial charge < -0.3 is 15.4 Å². The van der Waals surface area contributed by atoms with Crippen LogP contribution in [0.3, 0.4) is 0 Å². The maximum atomic E-state index is 5.63. The summed E-state index contributed by atoms with van der Waals surface area (Å²) in [6, 6.07) is 10.4. The zero-order chi connectivity index (χ0) is 18.0. The third kappa shape index (κ3) is 7.88. The van der Waals surface area contributed by atoms with Crippen LogP contribution in [-0.4, -0.2) is 48.6 Å². The largest absolute Gasteiger partial charge is 0.379 e. The van der Waals surface area contributed by atoms with Gasteiger partial charge in [0.05, 0.1) is 18.8 Å². The molecular weight excluding hydrogens is 453 g/mol. The van der Waals surface area contributed by atoms with Crippen molar-refractivity contribution in [2.24, 2.45) is 10.9 Å². The molecular formula is C20H30IN5O. The number of aromatic nitrogens is 2. The highest BCUT2D eigenvalue weighted by Gasteiger charge is 2.20. The van der Waals surface area contributed by atoms with E-state index in [1.54, 1.807) is 6.20 Å². The molecule has 27 heavy (non-hydrogen) atoms. The van der Waals surface area contributed by atoms with Crippen LogP contribution in [0.25, 0.3) is 5.69 Å². The van der Waals surface area contributed by atoms with Gasteiger partial charge in [-0.1, -0.05) is 12.1 Å². The van der Waals surface area contributed by atoms with Crippen molar-refractivity contribution in [1.29, 1.82) is 0 Å². The van der Waals surface area contributed by atoms with E-state index < -0.39 is 0 Å². The highest BCUT2D eigenvalue weighted by atomic mass is 127. The molecule has 1 heterocycles. The van der Waals surface area contributed by atoms with Crippen LogP contribution in [0, 0.1) is 5.92 Å². The van der Waals surface area contributed by atoms with Gasteiger partial charge in [-0.15, -0.1) is 24.0 Å². The van der Waals surface area contributed by atoms with Crippen LogP contribution < -0.4 is 10.6 Å². The van der Waals surface area contributed by atoms with Crippen molar-refractivity contribution < 1.29 is 4.74 Å². The highest BCUT2D eigenvalue weighted by Crippen LogP contribution is 2.28. The molecule has 1 aromatic heterocycles. The van der Waals surface area contributed by atoms with Crippen LogP contribution in [-0.2, 0) is 11.2 Å². The average molecular weight is 483 g/mol. The van der Waals surface area contributed by atoms with Crippen molar-refractivity contribution in [1.82, 2.24) is 20.4 Å². The standard InChI is InChI=1S/C20H29N5O.HI/c1-2-21-20(23-13-15-26-16-18-4-5-18)22-12-10-17-6-8-19(9-7-17)25-14-3-11-24-25;/h3,6-9,11,14,18H,2,4-5,10,12-13,15-16H2,1H3,(H2,21,22,23);1H. The summed E-state index contributed by atoms with van der Waals surface area (Å²) < 4.78 is 7.50. The lowest BCUT2D eigenvalue weighted by atomic mass is 10.1. The first-order chi connectivity index (χ1) is 12.8. The van der Waals surface area contributed by atoms with Gasteiger partial charge in [-0.05, 0) is 55.9 Å². The second-order valence-corrected chi connectivity index (χ2v) is 6.57. The molecule has 0 radical (unpaired) electrons. The minimum Gasteiger partial charge on any atom is -0.379 e. The fraction of sp³-hybridized carbons (Fsp3) is 0.500. The Morgan fingerprint density at radius 2 is 2.07 bits per heavy atom. The summed E-state index contributed by atoms with van der Waals surface area (Å²) in [4.78, 5) is 4.57. The molecule has 1 aromatic carbocycles. The minimum atomic E-state index is 0. The fourth-order valence-corrected chi connectivity index (χ4v) is 2.66. The van der Waals surface area contributed by atoms with E-state index in [1.807, 2.05) is 16.9 Å². The van der Waals surface area contributed by atoms with Crippen LogP contribution in [0.4, 0.5) is 0 Å². The van der Waals surface area contributed by atoms with E-state index in [4.69, 9.17) is 4.74 Å². The third-order valence-corrected chi connectivity index (χ3v) is 4.31. The normalized spacial score (nSPS) is 13.9. The molecule has 0 amide bonds. The topological polar surface area (TPSA) is 63.5 Å². The number of guanidine groups is 1. The summed E-state index contributed by atoms with van der Waals surface area (Å²) in [6.07, 6.45) is 7.34. The average Bonchev–Trinajstić information content (AvgIpc) is 3.32. The number of hydrogen-bond donors (Lipinski definition) is 2. The number of ether oxygens (including phenoxy) is 1. The number of aliphatic imine (C=N–C) groups is 1. The molecule has 0 aliphatic heterocycles. The molecule has 0 spiro atoms. The van der Waals surface area contributed by atoms with E-state index in [2.05, 4.69) is 51.9 Å².